The molecule has 28 heavy (non-hydrogen) atoms. The molecule has 3 aromatic rings. The van der Waals surface area contributed by atoms with Crippen molar-refractivity contribution in [3.63, 3.8) is 0 Å². The second kappa shape index (κ2) is 7.17. The maximum Gasteiger partial charge on any atom is 0.424 e. The topological polar surface area (TPSA) is 88.2 Å². The Labute approximate surface area is 162 Å². The van der Waals surface area contributed by atoms with Crippen LogP contribution in [-0.4, -0.2) is 27.2 Å². The van der Waals surface area contributed by atoms with Crippen LogP contribution in [0.3, 0.4) is 0 Å². The minimum absolute atomic E-state index is 0.0639. The number of benzene rings is 1. The quantitative estimate of drug-likeness (QED) is 0.643. The van der Waals surface area contributed by atoms with Gasteiger partial charge in [0.15, 0.2) is 11.5 Å². The maximum absolute atomic E-state index is 13.5. The molecule has 2 heterocycles. The summed E-state index contributed by atoms with van der Waals surface area (Å²) < 4.78 is 46.1. The zero-order valence-corrected chi connectivity index (χ0v) is 16.1. The van der Waals surface area contributed by atoms with Crippen molar-refractivity contribution in [2.24, 2.45) is 0 Å². The Bertz CT molecular complexity index is 1010. The second-order valence-corrected chi connectivity index (χ2v) is 7.62. The summed E-state index contributed by atoms with van der Waals surface area (Å²) in [5.74, 6) is -0.419. The molecular weight excluding hydrogens is 395 g/mol. The van der Waals surface area contributed by atoms with Crippen LogP contribution >= 0.6 is 11.3 Å². The standard InChI is InChI=1S/C18H18F3N3O3S/c1-9(2)15-24-12-6-11(4-5-13(12)27-15)23-14(25)7-17(26,18(19,20)21)16-22-10(3)8-28-16/h4-6,8-9,26H,7H2,1-3H3,(H,23,25). The summed E-state index contributed by atoms with van der Waals surface area (Å²) in [5.41, 5.74) is -1.80. The highest BCUT2D eigenvalue weighted by Gasteiger charge is 2.58. The molecule has 0 saturated carbocycles. The Morgan fingerprint density at radius 1 is 1.32 bits per heavy atom. The molecule has 1 unspecified atom stereocenters. The number of anilines is 1. The first kappa shape index (κ1) is 20.3. The molecule has 0 bridgehead atoms. The molecule has 0 saturated heterocycles. The molecule has 3 rings (SSSR count). The Balaban J connectivity index is 1.82. The molecule has 0 fully saturated rings. The summed E-state index contributed by atoms with van der Waals surface area (Å²) in [5, 5.41) is 13.4. The Morgan fingerprint density at radius 2 is 2.04 bits per heavy atom. The van der Waals surface area contributed by atoms with Gasteiger partial charge in [-0.3, -0.25) is 4.79 Å². The van der Waals surface area contributed by atoms with Crippen molar-refractivity contribution in [2.45, 2.75) is 44.9 Å². The van der Waals surface area contributed by atoms with Gasteiger partial charge in [-0.1, -0.05) is 13.8 Å². The summed E-state index contributed by atoms with van der Waals surface area (Å²) in [6.07, 6.45) is -6.27. The number of aromatic nitrogens is 2. The molecule has 0 radical (unpaired) electrons. The Hall–Kier alpha value is -2.46. The number of nitrogens with zero attached hydrogens (tertiary/aromatic N) is 2. The molecule has 1 atom stereocenters. The van der Waals surface area contributed by atoms with Crippen molar-refractivity contribution in [3.05, 3.63) is 40.2 Å². The van der Waals surface area contributed by atoms with Crippen molar-refractivity contribution < 1.29 is 27.5 Å². The van der Waals surface area contributed by atoms with Gasteiger partial charge in [0, 0.05) is 22.7 Å². The number of aliphatic hydroxyl groups is 1. The first-order valence-electron chi connectivity index (χ1n) is 8.41. The highest BCUT2D eigenvalue weighted by Crippen LogP contribution is 2.43. The average Bonchev–Trinajstić information content (AvgIpc) is 3.19. The smallest absolute Gasteiger partial charge is 0.424 e. The number of rotatable bonds is 5. The number of alkyl halides is 3. The monoisotopic (exact) mass is 413 g/mol. The molecule has 2 N–H and O–H groups in total. The van der Waals surface area contributed by atoms with Crippen LogP contribution in [0.25, 0.3) is 11.1 Å². The van der Waals surface area contributed by atoms with Gasteiger partial charge < -0.3 is 14.8 Å². The fourth-order valence-electron chi connectivity index (χ4n) is 2.55. The summed E-state index contributed by atoms with van der Waals surface area (Å²) in [6.45, 7) is 5.33. The van der Waals surface area contributed by atoms with Crippen LogP contribution in [0.1, 0.15) is 42.8 Å². The number of fused-ring (bicyclic) bond motifs is 1. The van der Waals surface area contributed by atoms with E-state index in [1.54, 1.807) is 6.07 Å². The van der Waals surface area contributed by atoms with E-state index >= 15 is 0 Å². The lowest BCUT2D eigenvalue weighted by Gasteiger charge is -2.27. The van der Waals surface area contributed by atoms with Crippen LogP contribution in [0.2, 0.25) is 0 Å². The molecule has 1 aromatic carbocycles. The van der Waals surface area contributed by atoms with E-state index < -0.39 is 29.1 Å². The third-order valence-corrected chi connectivity index (χ3v) is 5.15. The van der Waals surface area contributed by atoms with Crippen LogP contribution in [-0.2, 0) is 10.4 Å². The first-order valence-corrected chi connectivity index (χ1v) is 9.29. The third-order valence-electron chi connectivity index (χ3n) is 4.04. The van der Waals surface area contributed by atoms with Crippen LogP contribution in [0.4, 0.5) is 18.9 Å². The van der Waals surface area contributed by atoms with E-state index in [-0.39, 0.29) is 11.6 Å². The summed E-state index contributed by atoms with van der Waals surface area (Å²) in [4.78, 5) is 20.3. The predicted molar refractivity (Wildman–Crippen MR) is 98.1 cm³/mol. The first-order chi connectivity index (χ1) is 13.0. The summed E-state index contributed by atoms with van der Waals surface area (Å²) >= 11 is 0.655. The number of halogens is 3. The predicted octanol–water partition coefficient (Wildman–Crippen LogP) is 4.49. The van der Waals surface area contributed by atoms with Crippen LogP contribution < -0.4 is 5.32 Å². The van der Waals surface area contributed by atoms with Gasteiger partial charge in [-0.25, -0.2) is 9.97 Å². The van der Waals surface area contributed by atoms with Gasteiger partial charge >= 0.3 is 6.18 Å². The van der Waals surface area contributed by atoms with Crippen LogP contribution in [0.5, 0.6) is 0 Å². The van der Waals surface area contributed by atoms with E-state index in [2.05, 4.69) is 15.3 Å². The number of thiazole rings is 1. The molecule has 0 aliphatic rings. The van der Waals surface area contributed by atoms with E-state index in [1.165, 1.54) is 24.4 Å². The number of carbonyl (C=O) groups excluding carboxylic acids is 1. The zero-order chi connectivity index (χ0) is 20.7. The maximum atomic E-state index is 13.5. The van der Waals surface area contributed by atoms with E-state index in [9.17, 15) is 23.1 Å². The van der Waals surface area contributed by atoms with Crippen molar-refractivity contribution in [1.29, 1.82) is 0 Å². The van der Waals surface area contributed by atoms with Gasteiger partial charge in [0.25, 0.3) is 0 Å². The van der Waals surface area contributed by atoms with Gasteiger partial charge in [0.05, 0.1) is 6.42 Å². The number of hydrogen-bond acceptors (Lipinski definition) is 6. The number of nitrogens with one attached hydrogen (secondary N) is 1. The number of carbonyl (C=O) groups is 1. The van der Waals surface area contributed by atoms with Gasteiger partial charge in [0.2, 0.25) is 11.5 Å². The lowest BCUT2D eigenvalue weighted by Crippen LogP contribution is -2.45. The van der Waals surface area contributed by atoms with Gasteiger partial charge in [-0.2, -0.15) is 13.2 Å². The van der Waals surface area contributed by atoms with Gasteiger partial charge in [-0.05, 0) is 25.1 Å². The lowest BCUT2D eigenvalue weighted by molar-refractivity contribution is -0.266. The van der Waals surface area contributed by atoms with E-state index in [1.807, 2.05) is 13.8 Å². The molecule has 0 aliphatic heterocycles. The van der Waals surface area contributed by atoms with Crippen molar-refractivity contribution in [3.8, 4) is 0 Å². The Kier molecular flexibility index (Phi) is 5.20. The number of amides is 1. The van der Waals surface area contributed by atoms with Crippen LogP contribution in [0.15, 0.2) is 28.0 Å². The fraction of sp³-hybridized carbons (Fsp3) is 0.389. The van der Waals surface area contributed by atoms with Crippen molar-refractivity contribution in [1.82, 2.24) is 9.97 Å². The number of hydrogen-bond donors (Lipinski definition) is 2. The Morgan fingerprint density at radius 3 is 2.61 bits per heavy atom. The molecule has 6 nitrogen and oxygen atoms in total. The highest BCUT2D eigenvalue weighted by atomic mass is 32.1. The molecular formula is C18H18F3N3O3S. The summed E-state index contributed by atoms with van der Waals surface area (Å²) in [7, 11) is 0. The van der Waals surface area contributed by atoms with Crippen LogP contribution in [0, 0.1) is 6.92 Å². The molecule has 0 aliphatic carbocycles. The lowest BCUT2D eigenvalue weighted by atomic mass is 9.99. The third kappa shape index (κ3) is 3.88. The number of oxazole rings is 1. The minimum atomic E-state index is -5.06. The second-order valence-electron chi connectivity index (χ2n) is 6.77. The fourth-order valence-corrected chi connectivity index (χ4v) is 3.46. The summed E-state index contributed by atoms with van der Waals surface area (Å²) in [6, 6.07) is 4.57. The minimum Gasteiger partial charge on any atom is -0.440 e. The molecule has 0 spiro atoms. The molecule has 10 heteroatoms. The SMILES string of the molecule is Cc1csc(C(O)(CC(=O)Nc2ccc3oc(C(C)C)nc3c2)C(F)(F)F)n1. The number of aryl methyl sites for hydroxylation is 1. The molecule has 150 valence electrons. The molecule has 2 aromatic heterocycles. The van der Waals surface area contributed by atoms with Gasteiger partial charge in [0.1, 0.15) is 10.5 Å². The average molecular weight is 413 g/mol. The highest BCUT2D eigenvalue weighted by molar-refractivity contribution is 7.09. The normalized spacial score (nSPS) is 14.4. The largest absolute Gasteiger partial charge is 0.440 e. The van der Waals surface area contributed by atoms with E-state index in [0.29, 0.717) is 34.0 Å². The van der Waals surface area contributed by atoms with E-state index in [4.69, 9.17) is 4.42 Å². The zero-order valence-electron chi connectivity index (χ0n) is 15.3. The van der Waals surface area contributed by atoms with Crippen molar-refractivity contribution in [2.75, 3.05) is 5.32 Å². The van der Waals surface area contributed by atoms with Crippen molar-refractivity contribution >= 4 is 34.0 Å². The van der Waals surface area contributed by atoms with E-state index in [0.717, 1.165) is 0 Å². The molecule has 1 amide bonds. The van der Waals surface area contributed by atoms with Gasteiger partial charge in [-0.15, -0.1) is 11.3 Å².